The van der Waals surface area contributed by atoms with Crippen molar-refractivity contribution in [1.29, 1.82) is 0 Å². The highest BCUT2D eigenvalue weighted by molar-refractivity contribution is 5.73. The summed E-state index contributed by atoms with van der Waals surface area (Å²) in [7, 11) is 0. The molecule has 232 valence electrons. The highest BCUT2D eigenvalue weighted by Gasteiger charge is 2.45. The Bertz CT molecular complexity index is 794. The SMILES string of the molecule is CCCCCCCCCN1CCC2CCN(C(C)(C)CC3CN(C(C)(C)C)CC4CN(C(C)=O)CCN43)CC2C1. The predicted molar refractivity (Wildman–Crippen MR) is 169 cm³/mol. The topological polar surface area (TPSA) is 33.3 Å². The molecule has 4 fully saturated rings. The highest BCUT2D eigenvalue weighted by Crippen LogP contribution is 2.37. The molecule has 0 radical (unpaired) electrons. The minimum Gasteiger partial charge on any atom is -0.340 e. The lowest BCUT2D eigenvalue weighted by Gasteiger charge is -2.57. The van der Waals surface area contributed by atoms with E-state index in [0.29, 0.717) is 12.1 Å². The van der Waals surface area contributed by atoms with E-state index in [9.17, 15) is 4.79 Å². The average Bonchev–Trinajstić information content (AvgIpc) is 2.91. The molecule has 4 unspecified atom stereocenters. The van der Waals surface area contributed by atoms with E-state index in [1.54, 1.807) is 6.92 Å². The Morgan fingerprint density at radius 3 is 2.12 bits per heavy atom. The largest absolute Gasteiger partial charge is 0.340 e. The van der Waals surface area contributed by atoms with Crippen LogP contribution in [0.4, 0.5) is 0 Å². The molecule has 0 aliphatic carbocycles. The van der Waals surface area contributed by atoms with Gasteiger partial charge in [0.25, 0.3) is 0 Å². The molecule has 0 aromatic carbocycles. The van der Waals surface area contributed by atoms with E-state index in [-0.39, 0.29) is 17.0 Å². The number of unbranched alkanes of at least 4 members (excludes halogenated alkanes) is 6. The minimum atomic E-state index is 0.159. The molecule has 0 bridgehead atoms. The van der Waals surface area contributed by atoms with E-state index in [2.05, 4.69) is 66.0 Å². The van der Waals surface area contributed by atoms with Gasteiger partial charge in [0.15, 0.2) is 0 Å². The lowest BCUT2D eigenvalue weighted by molar-refractivity contribution is -0.136. The number of hydrogen-bond acceptors (Lipinski definition) is 5. The first-order chi connectivity index (χ1) is 19.0. The lowest BCUT2D eigenvalue weighted by Crippen LogP contribution is -2.69. The number of rotatable bonds is 11. The van der Waals surface area contributed by atoms with Crippen molar-refractivity contribution in [3.63, 3.8) is 0 Å². The second-order valence-corrected chi connectivity index (χ2v) is 15.6. The van der Waals surface area contributed by atoms with E-state index >= 15 is 0 Å². The van der Waals surface area contributed by atoms with Gasteiger partial charge in [-0.3, -0.25) is 19.5 Å². The van der Waals surface area contributed by atoms with Gasteiger partial charge in [-0.25, -0.2) is 0 Å². The number of piperidine rings is 2. The number of carbonyl (C=O) groups excluding carboxylic acids is 1. The van der Waals surface area contributed by atoms with E-state index in [1.807, 2.05) is 0 Å². The van der Waals surface area contributed by atoms with Gasteiger partial charge >= 0.3 is 0 Å². The van der Waals surface area contributed by atoms with Gasteiger partial charge in [-0.05, 0) is 91.8 Å². The molecule has 4 atom stereocenters. The molecular weight excluding hydrogens is 494 g/mol. The molecular formula is C34H65N5O. The number of carbonyl (C=O) groups is 1. The van der Waals surface area contributed by atoms with Gasteiger partial charge in [-0.15, -0.1) is 0 Å². The summed E-state index contributed by atoms with van der Waals surface area (Å²) in [6.07, 6.45) is 13.9. The maximum absolute atomic E-state index is 12.2. The van der Waals surface area contributed by atoms with Crippen LogP contribution in [0.5, 0.6) is 0 Å². The predicted octanol–water partition coefficient (Wildman–Crippen LogP) is 5.56. The maximum Gasteiger partial charge on any atom is 0.219 e. The molecule has 4 aliphatic heterocycles. The smallest absolute Gasteiger partial charge is 0.219 e. The van der Waals surface area contributed by atoms with Gasteiger partial charge in [-0.1, -0.05) is 45.4 Å². The Labute approximate surface area is 248 Å². The van der Waals surface area contributed by atoms with Crippen molar-refractivity contribution in [2.45, 2.75) is 136 Å². The van der Waals surface area contributed by atoms with E-state index in [1.165, 1.54) is 96.9 Å². The molecule has 0 aromatic rings. The van der Waals surface area contributed by atoms with E-state index < -0.39 is 0 Å². The summed E-state index contributed by atoms with van der Waals surface area (Å²) in [5.74, 6) is 2.02. The Hall–Kier alpha value is -0.690. The van der Waals surface area contributed by atoms with Crippen LogP contribution in [-0.4, -0.2) is 119 Å². The van der Waals surface area contributed by atoms with Crippen molar-refractivity contribution >= 4 is 5.91 Å². The molecule has 0 spiro atoms. The van der Waals surface area contributed by atoms with Crippen molar-refractivity contribution in [2.24, 2.45) is 11.8 Å². The minimum absolute atomic E-state index is 0.159. The fourth-order valence-corrected chi connectivity index (χ4v) is 8.41. The zero-order valence-corrected chi connectivity index (χ0v) is 27.6. The fraction of sp³-hybridized carbons (Fsp3) is 0.971. The van der Waals surface area contributed by atoms with Crippen LogP contribution < -0.4 is 0 Å². The maximum atomic E-state index is 12.2. The van der Waals surface area contributed by atoms with Crippen LogP contribution in [0.2, 0.25) is 0 Å². The van der Waals surface area contributed by atoms with Gasteiger partial charge in [0.1, 0.15) is 0 Å². The molecule has 0 aromatic heterocycles. The molecule has 40 heavy (non-hydrogen) atoms. The van der Waals surface area contributed by atoms with Crippen LogP contribution in [0.3, 0.4) is 0 Å². The van der Waals surface area contributed by atoms with Crippen LogP contribution in [0, 0.1) is 11.8 Å². The average molecular weight is 560 g/mol. The fourth-order valence-electron chi connectivity index (χ4n) is 8.41. The third-order valence-corrected chi connectivity index (χ3v) is 11.1. The van der Waals surface area contributed by atoms with E-state index in [0.717, 1.165) is 44.6 Å². The normalized spacial score (nSPS) is 29.8. The third kappa shape index (κ3) is 8.45. The molecule has 0 saturated carbocycles. The second-order valence-electron chi connectivity index (χ2n) is 15.6. The number of hydrogen-bond donors (Lipinski definition) is 0. The van der Waals surface area contributed by atoms with Gasteiger partial charge in [0.05, 0.1) is 0 Å². The monoisotopic (exact) mass is 560 g/mol. The quantitative estimate of drug-likeness (QED) is 0.309. The summed E-state index contributed by atoms with van der Waals surface area (Å²) in [5, 5.41) is 0. The summed E-state index contributed by atoms with van der Waals surface area (Å²) in [4.78, 5) is 25.5. The molecule has 4 rings (SSSR count). The molecule has 4 heterocycles. The lowest BCUT2D eigenvalue weighted by atomic mass is 9.77. The first-order valence-corrected chi connectivity index (χ1v) is 17.2. The number of nitrogens with zero attached hydrogens (tertiary/aromatic N) is 5. The van der Waals surface area contributed by atoms with Crippen molar-refractivity contribution < 1.29 is 4.79 Å². The summed E-state index contributed by atoms with van der Waals surface area (Å²) in [6, 6.07) is 1.01. The van der Waals surface area contributed by atoms with Crippen LogP contribution in [0.25, 0.3) is 0 Å². The first kappa shape index (κ1) is 32.2. The molecule has 0 N–H and O–H groups in total. The summed E-state index contributed by atoms with van der Waals surface area (Å²) >= 11 is 0. The standard InChI is InChI=1S/C34H65N5O/c1-8-9-10-11-12-13-14-17-35-18-15-29-16-19-37(24-30(29)23-35)34(6,7)22-31-26-38(33(3,4)5)27-32-25-36(28(2)40)20-21-39(31)32/h29-32H,8-27H2,1-7H3. The molecule has 4 aliphatic rings. The summed E-state index contributed by atoms with van der Waals surface area (Å²) < 4.78 is 0. The Morgan fingerprint density at radius 1 is 0.725 bits per heavy atom. The second kappa shape index (κ2) is 14.2. The van der Waals surface area contributed by atoms with Crippen molar-refractivity contribution in [2.75, 3.05) is 65.4 Å². The molecule has 6 nitrogen and oxygen atoms in total. The zero-order chi connectivity index (χ0) is 28.9. The Kier molecular flexibility index (Phi) is 11.4. The number of piperazine rings is 2. The van der Waals surface area contributed by atoms with Gasteiger partial charge < -0.3 is 9.80 Å². The number of likely N-dealkylation sites (tertiary alicyclic amines) is 2. The van der Waals surface area contributed by atoms with Gasteiger partial charge in [0, 0.05) is 75.9 Å². The van der Waals surface area contributed by atoms with Crippen molar-refractivity contribution in [1.82, 2.24) is 24.5 Å². The number of amides is 1. The van der Waals surface area contributed by atoms with Crippen LogP contribution in [-0.2, 0) is 4.79 Å². The zero-order valence-electron chi connectivity index (χ0n) is 27.6. The summed E-state index contributed by atoms with van der Waals surface area (Å²) in [5.41, 5.74) is 0.353. The molecule has 6 heteroatoms. The van der Waals surface area contributed by atoms with Crippen LogP contribution >= 0.6 is 0 Å². The molecule has 4 saturated heterocycles. The van der Waals surface area contributed by atoms with E-state index in [4.69, 9.17) is 0 Å². The molecule has 1 amide bonds. The first-order valence-electron chi connectivity index (χ1n) is 17.2. The van der Waals surface area contributed by atoms with Crippen LogP contribution in [0.15, 0.2) is 0 Å². The van der Waals surface area contributed by atoms with Crippen LogP contribution in [0.1, 0.15) is 113 Å². The van der Waals surface area contributed by atoms with Gasteiger partial charge in [0.2, 0.25) is 5.91 Å². The third-order valence-electron chi connectivity index (χ3n) is 11.1. The Balaban J connectivity index is 1.32. The summed E-state index contributed by atoms with van der Waals surface area (Å²) in [6.45, 7) is 27.8. The highest BCUT2D eigenvalue weighted by atomic mass is 16.2. The number of fused-ring (bicyclic) bond motifs is 2. The Morgan fingerprint density at radius 2 is 1.43 bits per heavy atom. The van der Waals surface area contributed by atoms with Crippen molar-refractivity contribution in [3.8, 4) is 0 Å². The van der Waals surface area contributed by atoms with Crippen molar-refractivity contribution in [3.05, 3.63) is 0 Å². The van der Waals surface area contributed by atoms with Gasteiger partial charge in [-0.2, -0.15) is 0 Å².